The first-order valence-electron chi connectivity index (χ1n) is 16.2. The van der Waals surface area contributed by atoms with Crippen molar-refractivity contribution in [2.45, 2.75) is 77.2 Å². The molecule has 0 saturated heterocycles. The Morgan fingerprint density at radius 1 is 0.875 bits per heavy atom. The van der Waals surface area contributed by atoms with E-state index in [1.54, 1.807) is 12.1 Å². The summed E-state index contributed by atoms with van der Waals surface area (Å²) in [5.41, 5.74) is 0.416. The van der Waals surface area contributed by atoms with Crippen LogP contribution in [-0.2, 0) is 9.53 Å². The van der Waals surface area contributed by atoms with Gasteiger partial charge in [-0.1, -0.05) is 76.3 Å². The van der Waals surface area contributed by atoms with Crippen molar-refractivity contribution in [1.29, 1.82) is 5.41 Å². The van der Waals surface area contributed by atoms with Gasteiger partial charge in [0.1, 0.15) is 5.75 Å². The fraction of sp³-hybridized carbons (Fsp3) is 0.389. The van der Waals surface area contributed by atoms with Crippen LogP contribution in [0.25, 0.3) is 0 Å². The van der Waals surface area contributed by atoms with Crippen LogP contribution in [0.1, 0.15) is 97.4 Å². The van der Waals surface area contributed by atoms with E-state index in [4.69, 9.17) is 26.5 Å². The average molecular weight is 679 g/mol. The Balaban J connectivity index is 1.69. The standard InChI is InChI=1S/C36H43ClN4O7/c1-3-4-5-6-7-8-9-10-11-12-21-48-36(44)26-15-19-30(37)32(23-26)40-35(43)33(34(42)25-13-17-29(47-2)18-14-25)39-31-20-16-28(41(45)46)22-27(31)24-38/h13-20,22-24,33,38-39H,3-12,21H2,1-2H3,(H,40,43). The number of carbonyl (C=O) groups is 3. The summed E-state index contributed by atoms with van der Waals surface area (Å²) in [5.74, 6) is -1.51. The predicted molar refractivity (Wildman–Crippen MR) is 188 cm³/mol. The third kappa shape index (κ3) is 11.5. The van der Waals surface area contributed by atoms with Gasteiger partial charge in [-0.05, 0) is 55.0 Å². The fourth-order valence-electron chi connectivity index (χ4n) is 5.03. The lowest BCUT2D eigenvalue weighted by atomic mass is 10.0. The van der Waals surface area contributed by atoms with Crippen LogP contribution in [0.4, 0.5) is 17.1 Å². The number of hydrogen-bond donors (Lipinski definition) is 3. The second kappa shape index (κ2) is 19.8. The van der Waals surface area contributed by atoms with Gasteiger partial charge in [0.15, 0.2) is 11.8 Å². The largest absolute Gasteiger partial charge is 0.497 e. The van der Waals surface area contributed by atoms with Crippen molar-refractivity contribution >= 4 is 52.5 Å². The van der Waals surface area contributed by atoms with Crippen molar-refractivity contribution in [3.63, 3.8) is 0 Å². The molecule has 0 aromatic heterocycles. The molecule has 48 heavy (non-hydrogen) atoms. The van der Waals surface area contributed by atoms with E-state index in [1.165, 1.54) is 94.5 Å². The minimum atomic E-state index is -1.55. The maximum absolute atomic E-state index is 13.7. The van der Waals surface area contributed by atoms with E-state index in [0.29, 0.717) is 5.75 Å². The number of nitrogens with one attached hydrogen (secondary N) is 3. The Morgan fingerprint density at radius 2 is 1.50 bits per heavy atom. The van der Waals surface area contributed by atoms with Crippen molar-refractivity contribution in [2.75, 3.05) is 24.4 Å². The van der Waals surface area contributed by atoms with Gasteiger partial charge in [-0.2, -0.15) is 0 Å². The lowest BCUT2D eigenvalue weighted by Crippen LogP contribution is -2.41. The van der Waals surface area contributed by atoms with Crippen LogP contribution in [0.5, 0.6) is 5.75 Å². The van der Waals surface area contributed by atoms with E-state index >= 15 is 0 Å². The van der Waals surface area contributed by atoms with Crippen LogP contribution in [-0.4, -0.2) is 48.6 Å². The molecule has 0 heterocycles. The van der Waals surface area contributed by atoms with Crippen LogP contribution >= 0.6 is 11.6 Å². The number of amides is 1. The highest BCUT2D eigenvalue weighted by Gasteiger charge is 2.29. The fourth-order valence-corrected chi connectivity index (χ4v) is 5.20. The number of nitro groups is 1. The van der Waals surface area contributed by atoms with Crippen molar-refractivity contribution < 1.29 is 28.8 Å². The first kappa shape index (κ1) is 37.7. The molecule has 3 aromatic rings. The van der Waals surface area contributed by atoms with Gasteiger partial charge in [-0.15, -0.1) is 0 Å². The number of nitrogens with zero attached hydrogens (tertiary/aromatic N) is 1. The van der Waals surface area contributed by atoms with Crippen molar-refractivity contribution in [2.24, 2.45) is 0 Å². The highest BCUT2D eigenvalue weighted by molar-refractivity contribution is 6.34. The summed E-state index contributed by atoms with van der Waals surface area (Å²) in [6.45, 7) is 2.48. The number of halogens is 1. The Morgan fingerprint density at radius 3 is 2.10 bits per heavy atom. The molecular formula is C36H43ClN4O7. The van der Waals surface area contributed by atoms with Crippen molar-refractivity contribution in [3.05, 3.63) is 92.5 Å². The zero-order chi connectivity index (χ0) is 34.9. The number of methoxy groups -OCH3 is 1. The predicted octanol–water partition coefficient (Wildman–Crippen LogP) is 8.63. The van der Waals surface area contributed by atoms with Crippen LogP contribution in [0.15, 0.2) is 60.7 Å². The summed E-state index contributed by atoms with van der Waals surface area (Å²) in [4.78, 5) is 50.8. The number of rotatable bonds is 21. The molecule has 1 unspecified atom stereocenters. The van der Waals surface area contributed by atoms with Gasteiger partial charge in [-0.25, -0.2) is 4.79 Å². The molecule has 0 aliphatic carbocycles. The van der Waals surface area contributed by atoms with Gasteiger partial charge in [0, 0.05) is 35.2 Å². The third-order valence-electron chi connectivity index (χ3n) is 7.79. The Hall–Kier alpha value is -4.77. The number of esters is 1. The van der Waals surface area contributed by atoms with Crippen molar-refractivity contribution in [1.82, 2.24) is 0 Å². The molecule has 0 aliphatic rings. The SMILES string of the molecule is CCCCCCCCCCCCOC(=O)c1ccc(Cl)c(NC(=O)C(Nc2ccc([N+](=O)[O-])cc2C=N)C(=O)c2ccc(OC)cc2)c1. The Bertz CT molecular complexity index is 1560. The number of Topliss-reactive ketones (excluding diaryl/α,β-unsaturated/α-hetero) is 1. The number of non-ortho nitro benzene ring substituents is 1. The van der Waals surface area contributed by atoms with Crippen LogP contribution in [0.3, 0.4) is 0 Å². The lowest BCUT2D eigenvalue weighted by Gasteiger charge is -2.20. The Kier molecular flexibility index (Phi) is 15.5. The van der Waals surface area contributed by atoms with Gasteiger partial charge >= 0.3 is 5.97 Å². The molecule has 0 saturated carbocycles. The normalized spacial score (nSPS) is 11.3. The van der Waals surface area contributed by atoms with Crippen LogP contribution < -0.4 is 15.4 Å². The second-order valence-corrected chi connectivity index (χ2v) is 11.8. The quantitative estimate of drug-likeness (QED) is 0.0192. The lowest BCUT2D eigenvalue weighted by molar-refractivity contribution is -0.384. The Labute approximate surface area is 286 Å². The van der Waals surface area contributed by atoms with Crippen LogP contribution in [0, 0.1) is 15.5 Å². The molecule has 1 atom stereocenters. The molecule has 3 rings (SSSR count). The minimum Gasteiger partial charge on any atom is -0.497 e. The number of nitro benzene ring substituents is 1. The number of hydrogen-bond acceptors (Lipinski definition) is 9. The number of unbranched alkanes of at least 4 members (excludes halogenated alkanes) is 9. The summed E-state index contributed by atoms with van der Waals surface area (Å²) >= 11 is 6.38. The van der Waals surface area contributed by atoms with Crippen molar-refractivity contribution in [3.8, 4) is 5.75 Å². The monoisotopic (exact) mass is 678 g/mol. The summed E-state index contributed by atoms with van der Waals surface area (Å²) in [5, 5.41) is 24.6. The molecule has 256 valence electrons. The third-order valence-corrected chi connectivity index (χ3v) is 8.12. The summed E-state index contributed by atoms with van der Waals surface area (Å²) in [6.07, 6.45) is 12.5. The first-order chi connectivity index (χ1) is 23.2. The highest BCUT2D eigenvalue weighted by atomic mass is 35.5. The summed E-state index contributed by atoms with van der Waals surface area (Å²) in [7, 11) is 1.48. The van der Waals surface area contributed by atoms with E-state index in [0.717, 1.165) is 31.5 Å². The van der Waals surface area contributed by atoms with Crippen LogP contribution in [0.2, 0.25) is 5.02 Å². The zero-order valence-electron chi connectivity index (χ0n) is 27.4. The van der Waals surface area contributed by atoms with Gasteiger partial charge in [0.05, 0.1) is 34.9 Å². The van der Waals surface area contributed by atoms with Gasteiger partial charge in [0.2, 0.25) is 0 Å². The number of ether oxygens (including phenoxy) is 2. The molecule has 1 amide bonds. The summed E-state index contributed by atoms with van der Waals surface area (Å²) in [6, 6.07) is 12.6. The van der Waals surface area contributed by atoms with E-state index < -0.39 is 28.6 Å². The smallest absolute Gasteiger partial charge is 0.338 e. The molecule has 3 aromatic carbocycles. The highest BCUT2D eigenvalue weighted by Crippen LogP contribution is 2.26. The molecule has 0 radical (unpaired) electrons. The van der Waals surface area contributed by atoms with E-state index in [1.807, 2.05) is 0 Å². The van der Waals surface area contributed by atoms with Gasteiger partial charge < -0.3 is 25.5 Å². The van der Waals surface area contributed by atoms with E-state index in [2.05, 4.69) is 17.6 Å². The number of anilines is 2. The molecule has 12 heteroatoms. The second-order valence-electron chi connectivity index (χ2n) is 11.3. The summed E-state index contributed by atoms with van der Waals surface area (Å²) < 4.78 is 10.6. The number of ketones is 1. The molecule has 0 spiro atoms. The zero-order valence-corrected chi connectivity index (χ0v) is 28.1. The molecule has 11 nitrogen and oxygen atoms in total. The topological polar surface area (TPSA) is 161 Å². The number of benzene rings is 3. The van der Waals surface area contributed by atoms with E-state index in [9.17, 15) is 24.5 Å². The maximum Gasteiger partial charge on any atom is 0.338 e. The maximum atomic E-state index is 13.7. The average Bonchev–Trinajstić information content (AvgIpc) is 3.09. The minimum absolute atomic E-state index is 0.0837. The number of carbonyl (C=O) groups excluding carboxylic acids is 3. The molecule has 3 N–H and O–H groups in total. The van der Waals surface area contributed by atoms with Gasteiger partial charge in [-0.3, -0.25) is 19.7 Å². The molecule has 0 aliphatic heterocycles. The molecule has 0 bridgehead atoms. The molecule has 0 fully saturated rings. The first-order valence-corrected chi connectivity index (χ1v) is 16.6. The van der Waals surface area contributed by atoms with E-state index in [-0.39, 0.29) is 45.4 Å². The van der Waals surface area contributed by atoms with Gasteiger partial charge in [0.25, 0.3) is 11.6 Å². The molecular weight excluding hydrogens is 636 g/mol.